The molecule has 0 atom stereocenters. The number of nitrogen functional groups attached to an aromatic ring is 1. The van der Waals surface area contributed by atoms with Crippen molar-refractivity contribution < 1.29 is 9.72 Å². The molecule has 0 aliphatic rings. The molecule has 0 unspecified atom stereocenters. The molecule has 0 aliphatic carbocycles. The minimum atomic E-state index is -0.537. The van der Waals surface area contributed by atoms with Crippen LogP contribution in [-0.2, 0) is 0 Å². The van der Waals surface area contributed by atoms with Gasteiger partial charge in [-0.25, -0.2) is 0 Å². The fraction of sp³-hybridized carbons (Fsp3) is 0.0714. The van der Waals surface area contributed by atoms with Gasteiger partial charge in [0.2, 0.25) is 0 Å². The Morgan fingerprint density at radius 2 is 2.00 bits per heavy atom. The SMILES string of the molecule is Cc1ccc([N+](=O)[O-])c(NC(=O)c2ccc(Br)c(N)c2)c1. The van der Waals surface area contributed by atoms with Crippen LogP contribution in [0.15, 0.2) is 40.9 Å². The maximum atomic E-state index is 12.2. The molecular formula is C14H12BrN3O3. The Labute approximate surface area is 129 Å². The number of benzene rings is 2. The van der Waals surface area contributed by atoms with Crippen LogP contribution in [0.4, 0.5) is 17.1 Å². The van der Waals surface area contributed by atoms with Crippen LogP contribution in [0.3, 0.4) is 0 Å². The average Bonchev–Trinajstić information content (AvgIpc) is 2.41. The van der Waals surface area contributed by atoms with E-state index in [-0.39, 0.29) is 11.4 Å². The van der Waals surface area contributed by atoms with Crippen molar-refractivity contribution in [2.75, 3.05) is 11.1 Å². The zero-order chi connectivity index (χ0) is 15.6. The Balaban J connectivity index is 2.33. The molecule has 0 aliphatic heterocycles. The standard InChI is InChI=1S/C14H12BrN3O3/c1-8-2-5-13(18(20)21)12(6-8)17-14(19)9-3-4-10(15)11(16)7-9/h2-7H,16H2,1H3,(H,17,19). The number of nitrogens with two attached hydrogens (primary N) is 1. The van der Waals surface area contributed by atoms with Crippen molar-refractivity contribution in [3.05, 3.63) is 62.1 Å². The topological polar surface area (TPSA) is 98.3 Å². The third kappa shape index (κ3) is 3.38. The van der Waals surface area contributed by atoms with E-state index in [1.807, 2.05) is 0 Å². The summed E-state index contributed by atoms with van der Waals surface area (Å²) >= 11 is 3.24. The molecule has 0 fully saturated rings. The van der Waals surface area contributed by atoms with E-state index in [9.17, 15) is 14.9 Å². The summed E-state index contributed by atoms with van der Waals surface area (Å²) in [6, 6.07) is 9.26. The fourth-order valence-corrected chi connectivity index (χ4v) is 2.04. The van der Waals surface area contributed by atoms with E-state index in [1.165, 1.54) is 12.1 Å². The Morgan fingerprint density at radius 3 is 2.62 bits per heavy atom. The highest BCUT2D eigenvalue weighted by atomic mass is 79.9. The summed E-state index contributed by atoms with van der Waals surface area (Å²) in [6.07, 6.45) is 0. The summed E-state index contributed by atoms with van der Waals surface area (Å²) in [5.41, 5.74) is 7.28. The molecule has 6 nitrogen and oxygen atoms in total. The van der Waals surface area contributed by atoms with Crippen LogP contribution < -0.4 is 11.1 Å². The largest absolute Gasteiger partial charge is 0.398 e. The molecule has 0 saturated carbocycles. The minimum absolute atomic E-state index is 0.154. The predicted molar refractivity (Wildman–Crippen MR) is 84.3 cm³/mol. The Bertz CT molecular complexity index is 731. The van der Waals surface area contributed by atoms with E-state index >= 15 is 0 Å². The van der Waals surface area contributed by atoms with Crippen molar-refractivity contribution >= 4 is 38.9 Å². The summed E-state index contributed by atoms with van der Waals surface area (Å²) in [4.78, 5) is 22.6. The Hall–Kier alpha value is -2.41. The normalized spacial score (nSPS) is 10.2. The average molecular weight is 350 g/mol. The van der Waals surface area contributed by atoms with Crippen molar-refractivity contribution in [2.45, 2.75) is 6.92 Å². The number of amides is 1. The van der Waals surface area contributed by atoms with Crippen LogP contribution in [0, 0.1) is 17.0 Å². The van der Waals surface area contributed by atoms with Crippen molar-refractivity contribution in [1.82, 2.24) is 0 Å². The molecule has 2 aromatic rings. The predicted octanol–water partition coefficient (Wildman–Crippen LogP) is 3.50. The first-order valence-electron chi connectivity index (χ1n) is 6.00. The highest BCUT2D eigenvalue weighted by Crippen LogP contribution is 2.26. The third-order valence-electron chi connectivity index (χ3n) is 2.86. The molecular weight excluding hydrogens is 338 g/mol. The molecule has 0 bridgehead atoms. The van der Waals surface area contributed by atoms with Gasteiger partial charge in [-0.2, -0.15) is 0 Å². The summed E-state index contributed by atoms with van der Waals surface area (Å²) in [5.74, 6) is -0.456. The molecule has 21 heavy (non-hydrogen) atoms. The van der Waals surface area contributed by atoms with Gasteiger partial charge in [-0.15, -0.1) is 0 Å². The van der Waals surface area contributed by atoms with Crippen LogP contribution in [0.5, 0.6) is 0 Å². The number of hydrogen-bond donors (Lipinski definition) is 2. The number of hydrogen-bond acceptors (Lipinski definition) is 4. The van der Waals surface area contributed by atoms with Crippen LogP contribution >= 0.6 is 15.9 Å². The second-order valence-electron chi connectivity index (χ2n) is 4.47. The van der Waals surface area contributed by atoms with E-state index < -0.39 is 10.8 Å². The van der Waals surface area contributed by atoms with Gasteiger partial charge in [0.15, 0.2) is 0 Å². The maximum absolute atomic E-state index is 12.2. The number of aryl methyl sites for hydroxylation is 1. The highest BCUT2D eigenvalue weighted by Gasteiger charge is 2.17. The molecule has 0 heterocycles. The molecule has 0 radical (unpaired) electrons. The number of nitrogens with zero attached hydrogens (tertiary/aromatic N) is 1. The number of anilines is 2. The van der Waals surface area contributed by atoms with Gasteiger partial charge in [0, 0.05) is 21.8 Å². The van der Waals surface area contributed by atoms with Crippen molar-refractivity contribution in [2.24, 2.45) is 0 Å². The summed E-state index contributed by atoms with van der Waals surface area (Å²) in [5, 5.41) is 13.5. The van der Waals surface area contributed by atoms with Crippen molar-refractivity contribution in [3.63, 3.8) is 0 Å². The van der Waals surface area contributed by atoms with E-state index in [2.05, 4.69) is 21.2 Å². The number of carbonyl (C=O) groups excluding carboxylic acids is 1. The first kappa shape index (κ1) is 15.0. The summed E-state index contributed by atoms with van der Waals surface area (Å²) in [7, 11) is 0. The van der Waals surface area contributed by atoms with E-state index in [4.69, 9.17) is 5.73 Å². The van der Waals surface area contributed by atoms with Crippen LogP contribution in [-0.4, -0.2) is 10.8 Å². The van der Waals surface area contributed by atoms with Gasteiger partial charge in [0.25, 0.3) is 11.6 Å². The molecule has 2 rings (SSSR count). The Morgan fingerprint density at radius 1 is 1.29 bits per heavy atom. The molecule has 2 aromatic carbocycles. The third-order valence-corrected chi connectivity index (χ3v) is 3.58. The van der Waals surface area contributed by atoms with Crippen LogP contribution in [0.2, 0.25) is 0 Å². The minimum Gasteiger partial charge on any atom is -0.398 e. The number of halogens is 1. The number of rotatable bonds is 3. The maximum Gasteiger partial charge on any atom is 0.292 e. The molecule has 108 valence electrons. The number of nitrogens with one attached hydrogen (secondary N) is 1. The van der Waals surface area contributed by atoms with Gasteiger partial charge in [-0.05, 0) is 52.7 Å². The van der Waals surface area contributed by atoms with Crippen LogP contribution in [0.25, 0.3) is 0 Å². The van der Waals surface area contributed by atoms with E-state index in [0.717, 1.165) is 5.56 Å². The lowest BCUT2D eigenvalue weighted by atomic mass is 10.1. The zero-order valence-electron chi connectivity index (χ0n) is 11.1. The van der Waals surface area contributed by atoms with Gasteiger partial charge in [0.05, 0.1) is 4.92 Å². The highest BCUT2D eigenvalue weighted by molar-refractivity contribution is 9.10. The van der Waals surface area contributed by atoms with E-state index in [0.29, 0.717) is 15.7 Å². The lowest BCUT2D eigenvalue weighted by molar-refractivity contribution is -0.383. The molecule has 0 spiro atoms. The van der Waals surface area contributed by atoms with Gasteiger partial charge in [0.1, 0.15) is 5.69 Å². The number of nitro groups is 1. The Kier molecular flexibility index (Phi) is 4.23. The quantitative estimate of drug-likeness (QED) is 0.503. The molecule has 7 heteroatoms. The number of carbonyl (C=O) groups is 1. The smallest absolute Gasteiger partial charge is 0.292 e. The van der Waals surface area contributed by atoms with E-state index in [1.54, 1.807) is 31.2 Å². The molecule has 3 N–H and O–H groups in total. The van der Waals surface area contributed by atoms with Crippen LogP contribution in [0.1, 0.15) is 15.9 Å². The van der Waals surface area contributed by atoms with Gasteiger partial charge in [-0.3, -0.25) is 14.9 Å². The van der Waals surface area contributed by atoms with Gasteiger partial charge in [-0.1, -0.05) is 6.07 Å². The molecule has 0 aromatic heterocycles. The van der Waals surface area contributed by atoms with Gasteiger partial charge < -0.3 is 11.1 Å². The first-order chi connectivity index (χ1) is 9.88. The zero-order valence-corrected chi connectivity index (χ0v) is 12.7. The first-order valence-corrected chi connectivity index (χ1v) is 6.79. The lowest BCUT2D eigenvalue weighted by Crippen LogP contribution is -2.13. The molecule has 1 amide bonds. The van der Waals surface area contributed by atoms with Crippen molar-refractivity contribution in [3.8, 4) is 0 Å². The second kappa shape index (κ2) is 5.92. The fourth-order valence-electron chi connectivity index (χ4n) is 1.79. The van der Waals surface area contributed by atoms with Crippen molar-refractivity contribution in [1.29, 1.82) is 0 Å². The monoisotopic (exact) mass is 349 g/mol. The second-order valence-corrected chi connectivity index (χ2v) is 5.32. The summed E-state index contributed by atoms with van der Waals surface area (Å²) < 4.78 is 0.681. The molecule has 0 saturated heterocycles. The lowest BCUT2D eigenvalue weighted by Gasteiger charge is -2.08. The van der Waals surface area contributed by atoms with Gasteiger partial charge >= 0.3 is 0 Å². The number of nitro benzene ring substituents is 1. The summed E-state index contributed by atoms with van der Waals surface area (Å²) in [6.45, 7) is 1.79.